The summed E-state index contributed by atoms with van der Waals surface area (Å²) in [4.78, 5) is 14.3. The summed E-state index contributed by atoms with van der Waals surface area (Å²) in [7, 11) is 0. The number of nitrogens with zero attached hydrogens (tertiary/aromatic N) is 2. The number of rotatable bonds is 4. The summed E-state index contributed by atoms with van der Waals surface area (Å²) in [5, 5.41) is 14.0. The molecule has 1 aliphatic heterocycles. The van der Waals surface area contributed by atoms with E-state index in [0.717, 1.165) is 19.5 Å². The third kappa shape index (κ3) is 2.78. The van der Waals surface area contributed by atoms with Crippen molar-refractivity contribution < 1.29 is 9.66 Å². The summed E-state index contributed by atoms with van der Waals surface area (Å²) in [5.41, 5.74) is 0.534. The van der Waals surface area contributed by atoms with Crippen LogP contribution in [0.3, 0.4) is 0 Å². The van der Waals surface area contributed by atoms with Crippen molar-refractivity contribution in [3.63, 3.8) is 0 Å². The Kier molecular flexibility index (Phi) is 4.13. The van der Waals surface area contributed by atoms with Gasteiger partial charge in [0.2, 0.25) is 5.88 Å². The lowest BCUT2D eigenvalue weighted by Crippen LogP contribution is -2.16. The first-order valence-electron chi connectivity index (χ1n) is 5.72. The standard InChI is InChI=1S/C11H14BrN3O3/c1-7-9(15(16)17)5-14-11(10(7)12)18-6-8-2-3-13-4-8/h5,8,13H,2-4,6H2,1H3. The van der Waals surface area contributed by atoms with Crippen LogP contribution in [0.5, 0.6) is 5.88 Å². The summed E-state index contributed by atoms with van der Waals surface area (Å²) < 4.78 is 6.17. The van der Waals surface area contributed by atoms with Gasteiger partial charge in [-0.15, -0.1) is 0 Å². The van der Waals surface area contributed by atoms with Crippen molar-refractivity contribution in [2.45, 2.75) is 13.3 Å². The minimum Gasteiger partial charge on any atom is -0.477 e. The van der Waals surface area contributed by atoms with Gasteiger partial charge < -0.3 is 10.1 Å². The van der Waals surface area contributed by atoms with Crippen LogP contribution in [0.4, 0.5) is 5.69 Å². The van der Waals surface area contributed by atoms with Gasteiger partial charge in [0.1, 0.15) is 6.20 Å². The largest absolute Gasteiger partial charge is 0.477 e. The van der Waals surface area contributed by atoms with Crippen LogP contribution in [0.15, 0.2) is 10.7 Å². The predicted molar refractivity (Wildman–Crippen MR) is 69.8 cm³/mol. The smallest absolute Gasteiger partial charge is 0.291 e. The first-order valence-corrected chi connectivity index (χ1v) is 6.52. The number of hydrogen-bond donors (Lipinski definition) is 1. The fraction of sp³-hybridized carbons (Fsp3) is 0.545. The Bertz CT molecular complexity index is 461. The molecule has 18 heavy (non-hydrogen) atoms. The van der Waals surface area contributed by atoms with Gasteiger partial charge in [0.05, 0.1) is 16.0 Å². The molecule has 0 spiro atoms. The van der Waals surface area contributed by atoms with Gasteiger partial charge >= 0.3 is 0 Å². The van der Waals surface area contributed by atoms with E-state index in [1.165, 1.54) is 6.20 Å². The molecular weight excluding hydrogens is 302 g/mol. The van der Waals surface area contributed by atoms with E-state index in [4.69, 9.17) is 4.74 Å². The van der Waals surface area contributed by atoms with Crippen LogP contribution >= 0.6 is 15.9 Å². The molecule has 1 N–H and O–H groups in total. The van der Waals surface area contributed by atoms with Gasteiger partial charge in [0.25, 0.3) is 5.69 Å². The first kappa shape index (κ1) is 13.2. The van der Waals surface area contributed by atoms with E-state index in [1.54, 1.807) is 6.92 Å². The Morgan fingerprint density at radius 1 is 1.72 bits per heavy atom. The van der Waals surface area contributed by atoms with Crippen LogP contribution in [0.1, 0.15) is 12.0 Å². The lowest BCUT2D eigenvalue weighted by molar-refractivity contribution is -0.385. The molecule has 1 aromatic rings. The summed E-state index contributed by atoms with van der Waals surface area (Å²) in [6.45, 7) is 4.22. The Morgan fingerprint density at radius 3 is 3.11 bits per heavy atom. The monoisotopic (exact) mass is 315 g/mol. The maximum atomic E-state index is 10.7. The van der Waals surface area contributed by atoms with E-state index in [-0.39, 0.29) is 5.69 Å². The zero-order chi connectivity index (χ0) is 13.1. The highest BCUT2D eigenvalue weighted by atomic mass is 79.9. The molecule has 0 bridgehead atoms. The lowest BCUT2D eigenvalue weighted by atomic mass is 10.1. The quantitative estimate of drug-likeness (QED) is 0.679. The maximum Gasteiger partial charge on any atom is 0.291 e. The molecule has 0 aliphatic carbocycles. The highest BCUT2D eigenvalue weighted by Gasteiger charge is 2.20. The Balaban J connectivity index is 2.09. The molecule has 1 atom stereocenters. The molecule has 1 unspecified atom stereocenters. The molecule has 0 amide bonds. The van der Waals surface area contributed by atoms with E-state index in [9.17, 15) is 10.1 Å². The first-order chi connectivity index (χ1) is 8.59. The van der Waals surface area contributed by atoms with Gasteiger partial charge in [0.15, 0.2) is 0 Å². The van der Waals surface area contributed by atoms with E-state index >= 15 is 0 Å². The van der Waals surface area contributed by atoms with E-state index in [0.29, 0.717) is 28.4 Å². The number of ether oxygens (including phenoxy) is 1. The minimum absolute atomic E-state index is 0.00300. The van der Waals surface area contributed by atoms with Gasteiger partial charge in [-0.3, -0.25) is 10.1 Å². The zero-order valence-corrected chi connectivity index (χ0v) is 11.6. The summed E-state index contributed by atoms with van der Waals surface area (Å²) in [5.74, 6) is 0.902. The van der Waals surface area contributed by atoms with Crippen molar-refractivity contribution in [2.75, 3.05) is 19.7 Å². The zero-order valence-electron chi connectivity index (χ0n) is 9.98. The van der Waals surface area contributed by atoms with Gasteiger partial charge in [-0.1, -0.05) is 0 Å². The SMILES string of the molecule is Cc1c([N+](=O)[O-])cnc(OCC2CCNC2)c1Br. The third-order valence-electron chi connectivity index (χ3n) is 3.02. The number of hydrogen-bond acceptors (Lipinski definition) is 5. The van der Waals surface area contributed by atoms with Crippen molar-refractivity contribution in [3.8, 4) is 5.88 Å². The van der Waals surface area contributed by atoms with Crippen LogP contribution in [0.25, 0.3) is 0 Å². The van der Waals surface area contributed by atoms with Gasteiger partial charge in [0, 0.05) is 18.0 Å². The molecule has 1 saturated heterocycles. The Labute approximate surface area is 113 Å². The second-order valence-corrected chi connectivity index (χ2v) is 5.11. The molecule has 2 heterocycles. The van der Waals surface area contributed by atoms with Crippen LogP contribution in [0.2, 0.25) is 0 Å². The van der Waals surface area contributed by atoms with Gasteiger partial charge in [-0.25, -0.2) is 4.98 Å². The highest BCUT2D eigenvalue weighted by Crippen LogP contribution is 2.32. The maximum absolute atomic E-state index is 10.7. The van der Waals surface area contributed by atoms with Crippen molar-refractivity contribution in [3.05, 3.63) is 26.3 Å². The second kappa shape index (κ2) is 5.62. The van der Waals surface area contributed by atoms with Gasteiger partial charge in [-0.05, 0) is 35.8 Å². The summed E-state index contributed by atoms with van der Waals surface area (Å²) in [6.07, 6.45) is 2.33. The third-order valence-corrected chi connectivity index (χ3v) is 3.95. The highest BCUT2D eigenvalue weighted by molar-refractivity contribution is 9.10. The number of halogens is 1. The molecule has 0 aromatic carbocycles. The molecule has 1 aromatic heterocycles. The number of nitrogens with one attached hydrogen (secondary N) is 1. The topological polar surface area (TPSA) is 77.3 Å². The Morgan fingerprint density at radius 2 is 2.50 bits per heavy atom. The molecule has 6 nitrogen and oxygen atoms in total. The number of aromatic nitrogens is 1. The van der Waals surface area contributed by atoms with Crippen LogP contribution in [0, 0.1) is 23.0 Å². The molecule has 1 aliphatic rings. The van der Waals surface area contributed by atoms with Gasteiger partial charge in [-0.2, -0.15) is 0 Å². The molecule has 7 heteroatoms. The minimum atomic E-state index is -0.447. The summed E-state index contributed by atoms with van der Waals surface area (Å²) in [6, 6.07) is 0. The van der Waals surface area contributed by atoms with Crippen LogP contribution < -0.4 is 10.1 Å². The average Bonchev–Trinajstić information content (AvgIpc) is 2.83. The molecule has 1 fully saturated rings. The van der Waals surface area contributed by atoms with Crippen molar-refractivity contribution >= 4 is 21.6 Å². The molecule has 2 rings (SSSR count). The second-order valence-electron chi connectivity index (χ2n) is 4.31. The van der Waals surface area contributed by atoms with Crippen molar-refractivity contribution in [2.24, 2.45) is 5.92 Å². The number of pyridine rings is 1. The molecule has 98 valence electrons. The number of nitro groups is 1. The Hall–Kier alpha value is -1.21. The predicted octanol–water partition coefficient (Wildman–Crippen LogP) is 2.05. The molecule has 0 saturated carbocycles. The van der Waals surface area contributed by atoms with Crippen LogP contribution in [-0.4, -0.2) is 29.6 Å². The normalized spacial score (nSPS) is 18.9. The van der Waals surface area contributed by atoms with Crippen molar-refractivity contribution in [1.29, 1.82) is 0 Å². The lowest BCUT2D eigenvalue weighted by Gasteiger charge is -2.12. The average molecular weight is 316 g/mol. The van der Waals surface area contributed by atoms with E-state index < -0.39 is 4.92 Å². The molecular formula is C11H14BrN3O3. The van der Waals surface area contributed by atoms with Crippen LogP contribution in [-0.2, 0) is 0 Å². The fourth-order valence-electron chi connectivity index (χ4n) is 1.88. The molecule has 0 radical (unpaired) electrons. The van der Waals surface area contributed by atoms with E-state index in [1.807, 2.05) is 0 Å². The fourth-order valence-corrected chi connectivity index (χ4v) is 2.30. The summed E-state index contributed by atoms with van der Waals surface area (Å²) >= 11 is 3.30. The van der Waals surface area contributed by atoms with Crippen molar-refractivity contribution in [1.82, 2.24) is 10.3 Å². The van der Waals surface area contributed by atoms with E-state index in [2.05, 4.69) is 26.2 Å².